The molecule has 3 heterocycles. The maximum atomic E-state index is 12.0. The first kappa shape index (κ1) is 18.1. The molecule has 0 spiro atoms. The molecule has 10 nitrogen and oxygen atoms in total. The van der Waals surface area contributed by atoms with Gasteiger partial charge in [0.25, 0.3) is 5.56 Å². The third kappa shape index (κ3) is 3.33. The third-order valence-electron chi connectivity index (χ3n) is 3.66. The van der Waals surface area contributed by atoms with E-state index in [2.05, 4.69) is 29.2 Å². The third-order valence-corrected chi connectivity index (χ3v) is 5.94. The number of imidazole rings is 1. The highest BCUT2D eigenvalue weighted by Gasteiger charge is 2.44. The molecule has 4 unspecified atom stereocenters. The van der Waals surface area contributed by atoms with Gasteiger partial charge in [-0.05, 0) is 0 Å². The van der Waals surface area contributed by atoms with Crippen molar-refractivity contribution in [2.45, 2.75) is 24.5 Å². The van der Waals surface area contributed by atoms with Crippen LogP contribution in [0.5, 0.6) is 0 Å². The molecule has 1 saturated heterocycles. The van der Waals surface area contributed by atoms with Crippen LogP contribution >= 0.6 is 25.4 Å². The maximum Gasteiger partial charge on any atom is 0.280 e. The summed E-state index contributed by atoms with van der Waals surface area (Å²) in [5, 5.41) is 23.2. The number of aliphatic hydroxyl groups is 2. The maximum absolute atomic E-state index is 12.0. The standard InChI is InChI=1S/C11H18N5O5P3/c1-12-11-14-8-5(9(19)15-11)13-3-16(8)10-7(18)6(17)4(21-10)2-20-23-24-22/h3-4,6-7,10,17-18,23-24H,2,22H2,1H3,(H2,12,14,15,19)/t4-,6?,7+,10-/m1/s1. The molecule has 0 bridgehead atoms. The van der Waals surface area contributed by atoms with Crippen molar-refractivity contribution in [3.05, 3.63) is 16.7 Å². The van der Waals surface area contributed by atoms with Crippen LogP contribution in [0.1, 0.15) is 6.23 Å². The highest BCUT2D eigenvalue weighted by molar-refractivity contribution is 8.37. The summed E-state index contributed by atoms with van der Waals surface area (Å²) in [6, 6.07) is 0. The molecular weight excluding hydrogens is 375 g/mol. The van der Waals surface area contributed by atoms with Crippen LogP contribution in [0, 0.1) is 0 Å². The summed E-state index contributed by atoms with van der Waals surface area (Å²) in [6.45, 7) is 0.178. The lowest BCUT2D eigenvalue weighted by Gasteiger charge is -2.16. The zero-order valence-electron chi connectivity index (χ0n) is 12.6. The number of anilines is 1. The van der Waals surface area contributed by atoms with Crippen molar-refractivity contribution >= 4 is 42.5 Å². The lowest BCUT2D eigenvalue weighted by atomic mass is 10.1. The summed E-state index contributed by atoms with van der Waals surface area (Å²) >= 11 is 0. The minimum atomic E-state index is -1.18. The lowest BCUT2D eigenvalue weighted by molar-refractivity contribution is -0.0456. The number of nitrogens with zero attached hydrogens (tertiary/aromatic N) is 3. The van der Waals surface area contributed by atoms with Gasteiger partial charge in [0.2, 0.25) is 5.95 Å². The van der Waals surface area contributed by atoms with Crippen molar-refractivity contribution in [2.75, 3.05) is 19.0 Å². The van der Waals surface area contributed by atoms with E-state index in [9.17, 15) is 15.0 Å². The number of aromatic nitrogens is 4. The van der Waals surface area contributed by atoms with Crippen molar-refractivity contribution in [2.24, 2.45) is 0 Å². The van der Waals surface area contributed by atoms with Crippen molar-refractivity contribution in [1.82, 2.24) is 19.5 Å². The van der Waals surface area contributed by atoms with E-state index in [0.717, 1.165) is 0 Å². The molecule has 1 aliphatic heterocycles. The van der Waals surface area contributed by atoms with Gasteiger partial charge in [-0.2, -0.15) is 4.98 Å². The van der Waals surface area contributed by atoms with Gasteiger partial charge in [0.05, 0.1) is 12.9 Å². The molecule has 13 heteroatoms. The second kappa shape index (κ2) is 7.67. The van der Waals surface area contributed by atoms with Gasteiger partial charge in [-0.3, -0.25) is 14.3 Å². The minimum Gasteiger partial charge on any atom is -0.387 e. The van der Waals surface area contributed by atoms with Gasteiger partial charge in [0, 0.05) is 15.5 Å². The Morgan fingerprint density at radius 2 is 2.33 bits per heavy atom. The van der Waals surface area contributed by atoms with Crippen LogP contribution in [0.2, 0.25) is 0 Å². The van der Waals surface area contributed by atoms with Crippen LogP contribution in [0.4, 0.5) is 5.95 Å². The molecule has 0 saturated carbocycles. The Morgan fingerprint density at radius 3 is 3.04 bits per heavy atom. The van der Waals surface area contributed by atoms with Crippen molar-refractivity contribution in [3.63, 3.8) is 0 Å². The summed E-state index contributed by atoms with van der Waals surface area (Å²) in [5.41, 5.74) is -0.0161. The Hall–Kier alpha value is -0.720. The molecule has 1 aliphatic rings. The van der Waals surface area contributed by atoms with E-state index < -0.39 is 30.1 Å². The summed E-state index contributed by atoms with van der Waals surface area (Å²) in [6.07, 6.45) is -2.49. The zero-order chi connectivity index (χ0) is 17.3. The molecule has 0 radical (unpaired) electrons. The zero-order valence-corrected chi connectivity index (χ0v) is 15.8. The molecule has 132 valence electrons. The average molecular weight is 393 g/mol. The van der Waals surface area contributed by atoms with Gasteiger partial charge in [0.15, 0.2) is 17.4 Å². The average Bonchev–Trinajstić information content (AvgIpc) is 3.11. The van der Waals surface area contributed by atoms with Gasteiger partial charge < -0.3 is 24.8 Å². The monoisotopic (exact) mass is 393 g/mol. The van der Waals surface area contributed by atoms with Crippen LogP contribution in [-0.2, 0) is 9.26 Å². The van der Waals surface area contributed by atoms with Crippen molar-refractivity contribution in [3.8, 4) is 0 Å². The van der Waals surface area contributed by atoms with Crippen molar-refractivity contribution < 1.29 is 19.5 Å². The Morgan fingerprint density at radius 1 is 1.54 bits per heavy atom. The second-order valence-electron chi connectivity index (χ2n) is 5.09. The van der Waals surface area contributed by atoms with Crippen LogP contribution in [0.25, 0.3) is 11.2 Å². The largest absolute Gasteiger partial charge is 0.387 e. The van der Waals surface area contributed by atoms with Crippen LogP contribution in [-0.4, -0.2) is 61.7 Å². The van der Waals surface area contributed by atoms with Crippen LogP contribution < -0.4 is 10.9 Å². The number of aromatic amines is 1. The van der Waals surface area contributed by atoms with Crippen molar-refractivity contribution in [1.29, 1.82) is 0 Å². The quantitative estimate of drug-likeness (QED) is 0.391. The highest BCUT2D eigenvalue weighted by Crippen LogP contribution is 2.44. The molecule has 24 heavy (non-hydrogen) atoms. The van der Waals surface area contributed by atoms with E-state index >= 15 is 0 Å². The number of hydrogen-bond acceptors (Lipinski definition) is 8. The fraction of sp³-hybridized carbons (Fsp3) is 0.545. The number of aliphatic hydroxyl groups excluding tert-OH is 2. The Balaban J connectivity index is 1.90. The van der Waals surface area contributed by atoms with E-state index in [1.54, 1.807) is 7.05 Å². The predicted octanol–water partition coefficient (Wildman–Crippen LogP) is -0.226. The van der Waals surface area contributed by atoms with Gasteiger partial charge in [0.1, 0.15) is 18.3 Å². The molecule has 1 fully saturated rings. The fourth-order valence-electron chi connectivity index (χ4n) is 2.49. The summed E-state index contributed by atoms with van der Waals surface area (Å²) in [4.78, 5) is 22.8. The lowest BCUT2D eigenvalue weighted by Crippen LogP contribution is -2.33. The number of rotatable bonds is 6. The predicted molar refractivity (Wildman–Crippen MR) is 95.9 cm³/mol. The molecule has 7 atom stereocenters. The van der Waals surface area contributed by atoms with E-state index in [4.69, 9.17) is 9.26 Å². The second-order valence-corrected chi connectivity index (χ2v) is 9.95. The van der Waals surface area contributed by atoms with E-state index in [-0.39, 0.29) is 23.7 Å². The molecule has 0 amide bonds. The van der Waals surface area contributed by atoms with Crippen LogP contribution in [0.15, 0.2) is 11.1 Å². The Kier molecular flexibility index (Phi) is 5.78. The number of ether oxygens (including phenoxy) is 1. The summed E-state index contributed by atoms with van der Waals surface area (Å²) in [5.74, 6) is 0.268. The van der Waals surface area contributed by atoms with Gasteiger partial charge in [-0.25, -0.2) is 4.98 Å². The van der Waals surface area contributed by atoms with Gasteiger partial charge in [-0.1, -0.05) is 7.96 Å². The molecular formula is C11H18N5O5P3. The Labute approximate surface area is 142 Å². The number of nitrogens with one attached hydrogen (secondary N) is 2. The van der Waals surface area contributed by atoms with Crippen LogP contribution in [0.3, 0.4) is 0 Å². The van der Waals surface area contributed by atoms with E-state index in [1.807, 2.05) is 0 Å². The highest BCUT2D eigenvalue weighted by atomic mass is 32.4. The van der Waals surface area contributed by atoms with E-state index in [0.29, 0.717) is 16.5 Å². The first-order chi connectivity index (χ1) is 11.6. The normalized spacial score (nSPS) is 28.0. The van der Waals surface area contributed by atoms with E-state index in [1.165, 1.54) is 10.9 Å². The SMILES string of the molecule is CNc1nc2c(ncn2[C@@H]2O[C@H](COPPP)C(O)[C@@H]2O)c(=O)[nH]1. The molecule has 0 aromatic carbocycles. The Bertz CT molecular complexity index is 770. The van der Waals surface area contributed by atoms with Gasteiger partial charge >= 0.3 is 0 Å². The fourth-order valence-corrected chi connectivity index (χ4v) is 4.07. The summed E-state index contributed by atoms with van der Waals surface area (Å²) < 4.78 is 12.6. The molecule has 2 aromatic heterocycles. The number of H-pyrrole nitrogens is 1. The first-order valence-corrected chi connectivity index (χ1v) is 11.8. The summed E-state index contributed by atoms with van der Waals surface area (Å²) in [7, 11) is 5.08. The molecule has 0 aliphatic carbocycles. The topological polar surface area (TPSA) is 135 Å². The number of fused-ring (bicyclic) bond motifs is 1. The smallest absolute Gasteiger partial charge is 0.280 e. The number of hydrogen-bond donors (Lipinski definition) is 4. The van der Waals surface area contributed by atoms with Gasteiger partial charge in [-0.15, -0.1) is 8.93 Å². The minimum absolute atomic E-state index is 0.129. The molecule has 3 rings (SSSR count). The molecule has 2 aromatic rings. The first-order valence-electron chi connectivity index (χ1n) is 7.05. The molecule has 4 N–H and O–H groups in total.